The topological polar surface area (TPSA) is 162 Å². The van der Waals surface area contributed by atoms with Crippen LogP contribution in [0.3, 0.4) is 0 Å². The van der Waals surface area contributed by atoms with Gasteiger partial charge in [0.15, 0.2) is 0 Å². The number of aliphatic imine (C=N–C) groups is 1. The standard InChI is InChI=1S/C17H26N8O/c18-5-6-24-7-9-25(10-8-24)13-3-1-12(2-4-13)23-16(21)15(17(22)26)14(20)11-19/h1-4,11,15,19-20H,5-10,18H2,(H2,21,23)(H2,22,26). The molecule has 1 heterocycles. The molecule has 1 aliphatic heterocycles. The van der Waals surface area contributed by atoms with Gasteiger partial charge in [0.1, 0.15) is 11.8 Å². The number of rotatable bonds is 8. The summed E-state index contributed by atoms with van der Waals surface area (Å²) in [6, 6.07) is 7.51. The molecular formula is C17H26N8O. The lowest BCUT2D eigenvalue weighted by atomic mass is 10.0. The highest BCUT2D eigenvalue weighted by Crippen LogP contribution is 2.21. The van der Waals surface area contributed by atoms with Crippen LogP contribution >= 0.6 is 0 Å². The predicted octanol–water partition coefficient (Wildman–Crippen LogP) is -0.473. The van der Waals surface area contributed by atoms with Gasteiger partial charge in [-0.2, -0.15) is 0 Å². The van der Waals surface area contributed by atoms with Gasteiger partial charge in [0.05, 0.1) is 11.4 Å². The Balaban J connectivity index is 2.06. The fourth-order valence-electron chi connectivity index (χ4n) is 2.91. The molecule has 8 N–H and O–H groups in total. The maximum Gasteiger partial charge on any atom is 0.234 e. The summed E-state index contributed by atoms with van der Waals surface area (Å²) in [5.41, 5.74) is 18.1. The Morgan fingerprint density at radius 3 is 2.31 bits per heavy atom. The lowest BCUT2D eigenvalue weighted by Gasteiger charge is -2.35. The summed E-state index contributed by atoms with van der Waals surface area (Å²) < 4.78 is 0. The molecule has 1 atom stereocenters. The zero-order chi connectivity index (χ0) is 19.1. The second-order valence-electron chi connectivity index (χ2n) is 6.11. The Bertz CT molecular complexity index is 677. The zero-order valence-electron chi connectivity index (χ0n) is 14.7. The van der Waals surface area contributed by atoms with Gasteiger partial charge in [0, 0.05) is 51.2 Å². The van der Waals surface area contributed by atoms with E-state index in [9.17, 15) is 4.79 Å². The molecule has 0 saturated carbocycles. The molecule has 1 aromatic carbocycles. The summed E-state index contributed by atoms with van der Waals surface area (Å²) >= 11 is 0. The number of benzene rings is 1. The van der Waals surface area contributed by atoms with Gasteiger partial charge in [-0.15, -0.1) is 0 Å². The number of anilines is 1. The molecule has 1 aromatic rings. The number of amides is 1. The molecule has 1 aliphatic rings. The SMILES string of the molecule is N=CC(=N)C(C(N)=O)C(N)=Nc1ccc(N2CCN(CCN)CC2)cc1. The third-order valence-electron chi connectivity index (χ3n) is 4.34. The Kier molecular flexibility index (Phi) is 6.81. The number of carbonyl (C=O) groups is 1. The maximum absolute atomic E-state index is 11.5. The van der Waals surface area contributed by atoms with Crippen LogP contribution < -0.4 is 22.1 Å². The molecule has 1 amide bonds. The van der Waals surface area contributed by atoms with E-state index in [4.69, 9.17) is 28.0 Å². The molecule has 2 rings (SSSR count). The van der Waals surface area contributed by atoms with Crippen molar-refractivity contribution in [3.63, 3.8) is 0 Å². The number of hydrogen-bond donors (Lipinski definition) is 5. The molecular weight excluding hydrogens is 332 g/mol. The van der Waals surface area contributed by atoms with Crippen LogP contribution in [0, 0.1) is 16.7 Å². The van der Waals surface area contributed by atoms with Gasteiger partial charge in [0.2, 0.25) is 5.91 Å². The number of carbonyl (C=O) groups excluding carboxylic acids is 1. The molecule has 9 heteroatoms. The highest BCUT2D eigenvalue weighted by Gasteiger charge is 2.24. The second-order valence-corrected chi connectivity index (χ2v) is 6.11. The number of nitrogens with zero attached hydrogens (tertiary/aromatic N) is 3. The Morgan fingerprint density at radius 1 is 1.19 bits per heavy atom. The predicted molar refractivity (Wildman–Crippen MR) is 105 cm³/mol. The average molecular weight is 358 g/mol. The van der Waals surface area contributed by atoms with E-state index in [2.05, 4.69) is 14.8 Å². The van der Waals surface area contributed by atoms with Crippen molar-refractivity contribution in [2.24, 2.45) is 28.1 Å². The molecule has 26 heavy (non-hydrogen) atoms. The minimum atomic E-state index is -1.19. The van der Waals surface area contributed by atoms with Crippen molar-refractivity contribution in [2.75, 3.05) is 44.2 Å². The van der Waals surface area contributed by atoms with Gasteiger partial charge in [-0.05, 0) is 24.3 Å². The van der Waals surface area contributed by atoms with Crippen LogP contribution in [0.5, 0.6) is 0 Å². The smallest absolute Gasteiger partial charge is 0.234 e. The van der Waals surface area contributed by atoms with Crippen molar-refractivity contribution in [3.05, 3.63) is 24.3 Å². The monoisotopic (exact) mass is 358 g/mol. The fraction of sp³-hybridized carbons (Fsp3) is 0.412. The van der Waals surface area contributed by atoms with E-state index in [1.54, 1.807) is 12.1 Å². The van der Waals surface area contributed by atoms with E-state index in [-0.39, 0.29) is 11.5 Å². The third kappa shape index (κ3) is 4.87. The van der Waals surface area contributed by atoms with Gasteiger partial charge in [-0.1, -0.05) is 0 Å². The number of nitrogens with one attached hydrogen (secondary N) is 2. The normalized spacial score (nSPS) is 17.0. The molecule has 0 spiro atoms. The molecule has 9 nitrogen and oxygen atoms in total. The average Bonchev–Trinajstić information content (AvgIpc) is 2.63. The van der Waals surface area contributed by atoms with Crippen LogP contribution in [-0.2, 0) is 4.79 Å². The first-order chi connectivity index (χ1) is 12.5. The summed E-state index contributed by atoms with van der Waals surface area (Å²) in [4.78, 5) is 20.3. The molecule has 0 aromatic heterocycles. The third-order valence-corrected chi connectivity index (χ3v) is 4.34. The van der Waals surface area contributed by atoms with Crippen LogP contribution in [0.15, 0.2) is 29.3 Å². The van der Waals surface area contributed by atoms with Crippen molar-refractivity contribution in [1.29, 1.82) is 10.8 Å². The van der Waals surface area contributed by atoms with Crippen molar-refractivity contribution in [3.8, 4) is 0 Å². The summed E-state index contributed by atoms with van der Waals surface area (Å²) in [6.45, 7) is 5.44. The largest absolute Gasteiger partial charge is 0.386 e. The molecule has 1 unspecified atom stereocenters. The quantitative estimate of drug-likeness (QED) is 0.313. The number of amidine groups is 1. The molecule has 0 bridgehead atoms. The Labute approximate surface area is 152 Å². The summed E-state index contributed by atoms with van der Waals surface area (Å²) in [6.07, 6.45) is 0.741. The Hall–Kier alpha value is -2.78. The van der Waals surface area contributed by atoms with Crippen LogP contribution in [-0.4, -0.2) is 67.8 Å². The summed E-state index contributed by atoms with van der Waals surface area (Å²) in [5.74, 6) is -2.08. The second kappa shape index (κ2) is 9.07. The number of hydrogen-bond acceptors (Lipinski definition) is 7. The number of piperazine rings is 1. The van der Waals surface area contributed by atoms with Gasteiger partial charge in [0.25, 0.3) is 0 Å². The van der Waals surface area contributed by atoms with E-state index < -0.39 is 11.8 Å². The minimum absolute atomic E-state index is 0.0888. The molecule has 0 radical (unpaired) electrons. The van der Waals surface area contributed by atoms with Crippen LogP contribution in [0.1, 0.15) is 0 Å². The lowest BCUT2D eigenvalue weighted by Crippen LogP contribution is -2.47. The molecule has 0 aliphatic carbocycles. The van der Waals surface area contributed by atoms with Gasteiger partial charge >= 0.3 is 0 Å². The minimum Gasteiger partial charge on any atom is -0.386 e. The first-order valence-electron chi connectivity index (χ1n) is 8.46. The van der Waals surface area contributed by atoms with Crippen LogP contribution in [0.2, 0.25) is 0 Å². The van der Waals surface area contributed by atoms with Crippen molar-refractivity contribution < 1.29 is 4.79 Å². The van der Waals surface area contributed by atoms with Gasteiger partial charge < -0.3 is 32.9 Å². The summed E-state index contributed by atoms with van der Waals surface area (Å²) in [7, 11) is 0. The maximum atomic E-state index is 11.5. The summed E-state index contributed by atoms with van der Waals surface area (Å²) in [5, 5.41) is 14.7. The van der Waals surface area contributed by atoms with E-state index in [1.165, 1.54) is 0 Å². The number of nitrogens with two attached hydrogens (primary N) is 3. The highest BCUT2D eigenvalue weighted by molar-refractivity contribution is 6.40. The van der Waals surface area contributed by atoms with Crippen LogP contribution in [0.25, 0.3) is 0 Å². The first-order valence-corrected chi connectivity index (χ1v) is 8.46. The van der Waals surface area contributed by atoms with Crippen molar-refractivity contribution in [1.82, 2.24) is 4.90 Å². The van der Waals surface area contributed by atoms with Crippen LogP contribution in [0.4, 0.5) is 11.4 Å². The van der Waals surface area contributed by atoms with Gasteiger partial charge in [-0.25, -0.2) is 4.99 Å². The van der Waals surface area contributed by atoms with E-state index in [0.717, 1.165) is 44.6 Å². The lowest BCUT2D eigenvalue weighted by molar-refractivity contribution is -0.118. The van der Waals surface area contributed by atoms with Crippen molar-refractivity contribution in [2.45, 2.75) is 0 Å². The zero-order valence-corrected chi connectivity index (χ0v) is 14.7. The van der Waals surface area contributed by atoms with E-state index in [0.29, 0.717) is 12.2 Å². The number of primary amides is 1. The first kappa shape index (κ1) is 19.5. The van der Waals surface area contributed by atoms with Crippen molar-refractivity contribution >= 4 is 35.0 Å². The Morgan fingerprint density at radius 2 is 1.81 bits per heavy atom. The van der Waals surface area contributed by atoms with Gasteiger partial charge in [-0.3, -0.25) is 9.69 Å². The van der Waals surface area contributed by atoms with E-state index >= 15 is 0 Å². The fourth-order valence-corrected chi connectivity index (χ4v) is 2.91. The molecule has 140 valence electrons. The molecule has 1 saturated heterocycles. The van der Waals surface area contributed by atoms with E-state index in [1.807, 2.05) is 12.1 Å². The highest BCUT2D eigenvalue weighted by atomic mass is 16.1. The molecule has 1 fully saturated rings.